The predicted octanol–water partition coefficient (Wildman–Crippen LogP) is 5.89. The van der Waals surface area contributed by atoms with Crippen molar-refractivity contribution < 1.29 is 41.5 Å². The van der Waals surface area contributed by atoms with Gasteiger partial charge >= 0.3 is 6.18 Å². The number of pyridine rings is 1. The molecular weight excluding hydrogens is 748 g/mol. The predicted molar refractivity (Wildman–Crippen MR) is 202 cm³/mol. The Balaban J connectivity index is 0.918. The molecule has 17 heteroatoms. The van der Waals surface area contributed by atoms with Crippen LogP contribution < -0.4 is 20.7 Å². The van der Waals surface area contributed by atoms with Crippen LogP contribution in [0.5, 0.6) is 5.75 Å². The SMILES string of the molecule is CC(C)Oc1cc2nn(C3CCN(C(=O)CN4CCC(c5ccc(NC6CCC(=O)NC6=O)cc5F)CC4)CC3)cc2cc1C(=O)Nc1cccc(C(F)(F)F)n1. The second kappa shape index (κ2) is 16.5. The third kappa shape index (κ3) is 9.35. The smallest absolute Gasteiger partial charge is 0.433 e. The molecule has 2 aromatic heterocycles. The fourth-order valence-corrected chi connectivity index (χ4v) is 7.69. The minimum absolute atomic E-state index is 0.00115. The summed E-state index contributed by atoms with van der Waals surface area (Å²) >= 11 is 0. The quantitative estimate of drug-likeness (QED) is 0.132. The first kappa shape index (κ1) is 39.6. The molecule has 1 unspecified atom stereocenters. The van der Waals surface area contributed by atoms with E-state index in [0.717, 1.165) is 6.07 Å². The van der Waals surface area contributed by atoms with Crippen molar-refractivity contribution in [3.8, 4) is 5.75 Å². The summed E-state index contributed by atoms with van der Waals surface area (Å²) in [7, 11) is 0. The van der Waals surface area contributed by atoms with Crippen LogP contribution in [-0.4, -0.2) is 93.1 Å². The van der Waals surface area contributed by atoms with E-state index in [1.54, 1.807) is 38.1 Å². The summed E-state index contributed by atoms with van der Waals surface area (Å²) in [6, 6.07) is 10.8. The minimum atomic E-state index is -4.66. The highest BCUT2D eigenvalue weighted by molar-refractivity contribution is 6.08. The number of ether oxygens (including phenoxy) is 1. The number of hydrogen-bond acceptors (Lipinski definition) is 9. The van der Waals surface area contributed by atoms with E-state index in [2.05, 4.69) is 25.8 Å². The van der Waals surface area contributed by atoms with Crippen molar-refractivity contribution >= 4 is 46.0 Å². The molecule has 3 N–H and O–H groups in total. The van der Waals surface area contributed by atoms with Crippen LogP contribution in [0.3, 0.4) is 0 Å². The van der Waals surface area contributed by atoms with Crippen LogP contribution in [0.2, 0.25) is 0 Å². The summed E-state index contributed by atoms with van der Waals surface area (Å²) in [6.07, 6.45) is 0.183. The average molecular weight is 793 g/mol. The van der Waals surface area contributed by atoms with Crippen LogP contribution in [0.4, 0.5) is 29.1 Å². The Labute approximate surface area is 326 Å². The molecule has 57 heavy (non-hydrogen) atoms. The van der Waals surface area contributed by atoms with Gasteiger partial charge in [0.1, 0.15) is 29.1 Å². The van der Waals surface area contributed by atoms with Gasteiger partial charge in [-0.05, 0) is 101 Å². The Kier molecular flexibility index (Phi) is 11.5. The lowest BCUT2D eigenvalue weighted by molar-refractivity contribution is -0.141. The average Bonchev–Trinajstić information content (AvgIpc) is 3.59. The van der Waals surface area contributed by atoms with Crippen molar-refractivity contribution in [1.82, 2.24) is 29.9 Å². The van der Waals surface area contributed by atoms with Crippen LogP contribution in [0, 0.1) is 5.82 Å². The van der Waals surface area contributed by atoms with Gasteiger partial charge in [0.15, 0.2) is 0 Å². The third-order valence-electron chi connectivity index (χ3n) is 10.7. The lowest BCUT2D eigenvalue weighted by Crippen LogP contribution is -2.47. The van der Waals surface area contributed by atoms with Crippen LogP contribution in [0.1, 0.15) is 85.9 Å². The number of likely N-dealkylation sites (tertiary alicyclic amines) is 2. The summed E-state index contributed by atoms with van der Waals surface area (Å²) in [5, 5.41) is 13.2. The number of piperidine rings is 3. The highest BCUT2D eigenvalue weighted by Gasteiger charge is 2.33. The Morgan fingerprint density at radius 1 is 0.982 bits per heavy atom. The number of fused-ring (bicyclic) bond motifs is 1. The van der Waals surface area contributed by atoms with Crippen LogP contribution in [-0.2, 0) is 20.6 Å². The third-order valence-corrected chi connectivity index (χ3v) is 10.7. The zero-order chi connectivity index (χ0) is 40.4. The number of carbonyl (C=O) groups excluding carboxylic acids is 4. The molecule has 5 heterocycles. The Bertz CT molecular complexity index is 2160. The van der Waals surface area contributed by atoms with Gasteiger partial charge in [0.25, 0.3) is 5.91 Å². The summed E-state index contributed by atoms with van der Waals surface area (Å²) in [5.41, 5.74) is 0.682. The molecule has 302 valence electrons. The molecule has 1 atom stereocenters. The van der Waals surface area contributed by atoms with E-state index < -0.39 is 29.7 Å². The zero-order valence-corrected chi connectivity index (χ0v) is 31.6. The molecule has 0 saturated carbocycles. The molecule has 0 spiro atoms. The number of anilines is 2. The normalized spacial score (nSPS) is 18.9. The number of aromatic nitrogens is 3. The number of benzene rings is 2. The lowest BCUT2D eigenvalue weighted by Gasteiger charge is -2.36. The molecule has 4 amide bonds. The number of nitrogens with one attached hydrogen (secondary N) is 3. The molecular formula is C40H44F4N8O5. The van der Waals surface area contributed by atoms with Crippen LogP contribution in [0.15, 0.2) is 54.7 Å². The highest BCUT2D eigenvalue weighted by Crippen LogP contribution is 2.34. The van der Waals surface area contributed by atoms with Gasteiger partial charge in [-0.1, -0.05) is 12.1 Å². The number of imide groups is 1. The topological polar surface area (TPSA) is 151 Å². The highest BCUT2D eigenvalue weighted by atomic mass is 19.4. The van der Waals surface area contributed by atoms with E-state index in [-0.39, 0.29) is 65.8 Å². The number of hydrogen-bond donors (Lipinski definition) is 3. The fraction of sp³-hybridized carbons (Fsp3) is 0.450. The minimum Gasteiger partial charge on any atom is -0.490 e. The molecule has 3 aliphatic heterocycles. The summed E-state index contributed by atoms with van der Waals surface area (Å²) in [6.45, 7) is 6.26. The summed E-state index contributed by atoms with van der Waals surface area (Å²) in [4.78, 5) is 57.7. The molecule has 0 bridgehead atoms. The number of carbonyl (C=O) groups is 4. The second-order valence-corrected chi connectivity index (χ2v) is 15.1. The first-order valence-corrected chi connectivity index (χ1v) is 19.1. The van der Waals surface area contributed by atoms with E-state index in [4.69, 9.17) is 9.84 Å². The fourth-order valence-electron chi connectivity index (χ4n) is 7.69. The maximum atomic E-state index is 15.2. The van der Waals surface area contributed by atoms with Gasteiger partial charge in [0.2, 0.25) is 17.7 Å². The van der Waals surface area contributed by atoms with Crippen molar-refractivity contribution in [2.24, 2.45) is 0 Å². The second-order valence-electron chi connectivity index (χ2n) is 15.1. The maximum Gasteiger partial charge on any atom is 0.433 e. The van der Waals surface area contributed by atoms with Crippen LogP contribution >= 0.6 is 0 Å². The molecule has 3 fully saturated rings. The number of nitrogens with zero attached hydrogens (tertiary/aromatic N) is 5. The molecule has 2 aromatic carbocycles. The molecule has 4 aromatic rings. The van der Waals surface area contributed by atoms with Crippen molar-refractivity contribution in [2.45, 2.75) is 82.7 Å². The number of amides is 4. The van der Waals surface area contributed by atoms with Gasteiger partial charge in [-0.2, -0.15) is 18.3 Å². The van der Waals surface area contributed by atoms with E-state index in [1.807, 2.05) is 15.8 Å². The first-order chi connectivity index (χ1) is 27.2. The van der Waals surface area contributed by atoms with Gasteiger partial charge < -0.3 is 20.3 Å². The molecule has 0 radical (unpaired) electrons. The van der Waals surface area contributed by atoms with Gasteiger partial charge in [-0.25, -0.2) is 9.37 Å². The van der Waals surface area contributed by atoms with Gasteiger partial charge in [-0.15, -0.1) is 0 Å². The summed E-state index contributed by atoms with van der Waals surface area (Å²) < 4.78 is 62.6. The molecule has 3 aliphatic rings. The van der Waals surface area contributed by atoms with Crippen LogP contribution in [0.25, 0.3) is 10.9 Å². The largest absolute Gasteiger partial charge is 0.490 e. The number of halogens is 4. The number of rotatable bonds is 10. The first-order valence-electron chi connectivity index (χ1n) is 19.1. The van der Waals surface area contributed by atoms with Crippen molar-refractivity contribution in [2.75, 3.05) is 43.4 Å². The molecule has 0 aliphatic carbocycles. The van der Waals surface area contributed by atoms with E-state index in [9.17, 15) is 32.3 Å². The number of alkyl halides is 3. The standard InChI is InChI=1S/C40H44F4N8O5/c1-23(2)57-33-20-32-25(18-29(33)38(55)47-35-5-3-4-34(46-35)40(42,43)44)21-52(49-32)27-12-16-51(17-13-27)37(54)22-50-14-10-24(11-15-50)28-7-6-26(19-30(28)41)45-31-8-9-36(53)48-39(31)56/h3-7,18-21,23-24,27,31,45H,8-17,22H2,1-2H3,(H,46,47,55)(H,48,53,56). The monoisotopic (exact) mass is 792 g/mol. The lowest BCUT2D eigenvalue weighted by atomic mass is 9.89. The van der Waals surface area contributed by atoms with E-state index in [0.29, 0.717) is 80.4 Å². The summed E-state index contributed by atoms with van der Waals surface area (Å²) in [5.74, 6) is -1.72. The van der Waals surface area contributed by atoms with Gasteiger partial charge in [0.05, 0.1) is 29.8 Å². The van der Waals surface area contributed by atoms with Crippen molar-refractivity contribution in [3.63, 3.8) is 0 Å². The van der Waals surface area contributed by atoms with Gasteiger partial charge in [-0.3, -0.25) is 34.1 Å². The van der Waals surface area contributed by atoms with E-state index >= 15 is 4.39 Å². The Morgan fingerprint density at radius 3 is 2.42 bits per heavy atom. The maximum absolute atomic E-state index is 15.2. The van der Waals surface area contributed by atoms with Crippen molar-refractivity contribution in [3.05, 3.63) is 77.4 Å². The molecule has 13 nitrogen and oxygen atoms in total. The molecule has 3 saturated heterocycles. The Morgan fingerprint density at radius 2 is 1.74 bits per heavy atom. The Hall–Kier alpha value is -5.58. The molecule has 7 rings (SSSR count). The van der Waals surface area contributed by atoms with E-state index in [1.165, 1.54) is 18.2 Å². The van der Waals surface area contributed by atoms with Gasteiger partial charge in [0, 0.05) is 42.8 Å². The van der Waals surface area contributed by atoms with Crippen molar-refractivity contribution in [1.29, 1.82) is 0 Å². The zero-order valence-electron chi connectivity index (χ0n) is 31.6.